The van der Waals surface area contributed by atoms with Gasteiger partial charge in [0.1, 0.15) is 17.9 Å². The normalized spacial score (nSPS) is 10.8. The Morgan fingerprint density at radius 3 is 2.48 bits per heavy atom. The predicted octanol–water partition coefficient (Wildman–Crippen LogP) is 6.28. The average Bonchev–Trinajstić information content (AvgIpc) is 2.79. The van der Waals surface area contributed by atoms with E-state index in [1.54, 1.807) is 19.3 Å². The van der Waals surface area contributed by atoms with Crippen molar-refractivity contribution in [2.75, 3.05) is 13.7 Å². The zero-order valence-electron chi connectivity index (χ0n) is 17.1. The summed E-state index contributed by atoms with van der Waals surface area (Å²) >= 11 is 6.36. The third-order valence-electron chi connectivity index (χ3n) is 4.93. The van der Waals surface area contributed by atoms with Crippen LogP contribution in [0.25, 0.3) is 22.3 Å². The van der Waals surface area contributed by atoms with E-state index in [1.165, 1.54) is 0 Å². The van der Waals surface area contributed by atoms with Crippen LogP contribution in [0.3, 0.4) is 0 Å². The van der Waals surface area contributed by atoms with Gasteiger partial charge in [0, 0.05) is 22.6 Å². The molecule has 0 bridgehead atoms. The topological polar surface area (TPSA) is 48.7 Å². The minimum atomic E-state index is -0.272. The van der Waals surface area contributed by atoms with Crippen LogP contribution >= 0.6 is 11.6 Å². The summed E-state index contributed by atoms with van der Waals surface area (Å²) in [5.41, 5.74) is 2.85. The Bertz CT molecular complexity index is 1280. The van der Waals surface area contributed by atoms with Gasteiger partial charge in [-0.25, -0.2) is 0 Å². The summed E-state index contributed by atoms with van der Waals surface area (Å²) in [5.74, 6) is 1.20. The Morgan fingerprint density at radius 2 is 1.81 bits per heavy atom. The fourth-order valence-corrected chi connectivity index (χ4v) is 3.71. The fourth-order valence-electron chi connectivity index (χ4n) is 3.47. The molecule has 1 aromatic heterocycles. The minimum Gasteiger partial charge on any atom is -0.497 e. The van der Waals surface area contributed by atoms with Crippen LogP contribution in [0.2, 0.25) is 5.02 Å². The zero-order valence-corrected chi connectivity index (χ0v) is 17.8. The van der Waals surface area contributed by atoms with Crippen LogP contribution in [-0.4, -0.2) is 13.7 Å². The molecule has 1 heterocycles. The van der Waals surface area contributed by atoms with Crippen LogP contribution < -0.4 is 14.9 Å². The highest BCUT2D eigenvalue weighted by Crippen LogP contribution is 2.35. The summed E-state index contributed by atoms with van der Waals surface area (Å²) in [6.45, 7) is 3.85. The van der Waals surface area contributed by atoms with Gasteiger partial charge in [0.25, 0.3) is 0 Å². The molecule has 5 heteroatoms. The van der Waals surface area contributed by atoms with Gasteiger partial charge in [0.2, 0.25) is 11.2 Å². The molecule has 0 amide bonds. The molecule has 0 atom stereocenters. The number of benzene rings is 3. The van der Waals surface area contributed by atoms with Gasteiger partial charge in [0.05, 0.1) is 12.5 Å². The standard InChI is InChI=1S/C26H21ClO4/c1-3-13-30-26-23(28)22-16-20(27)15-19(14-17-7-5-4-6-8-17)24(22)31-25(26)18-9-11-21(29-2)12-10-18/h3-12,15-16H,1,13-14H2,2H3. The molecule has 0 aliphatic rings. The molecule has 0 fully saturated rings. The molecule has 3 aromatic carbocycles. The summed E-state index contributed by atoms with van der Waals surface area (Å²) in [6.07, 6.45) is 2.16. The maximum Gasteiger partial charge on any atom is 0.235 e. The molecular weight excluding hydrogens is 412 g/mol. The molecule has 0 N–H and O–H groups in total. The summed E-state index contributed by atoms with van der Waals surface area (Å²) < 4.78 is 17.3. The van der Waals surface area contributed by atoms with Crippen LogP contribution in [0.15, 0.2) is 88.6 Å². The van der Waals surface area contributed by atoms with E-state index >= 15 is 0 Å². The van der Waals surface area contributed by atoms with E-state index < -0.39 is 0 Å². The highest BCUT2D eigenvalue weighted by Gasteiger charge is 2.20. The fraction of sp³-hybridized carbons (Fsp3) is 0.115. The first-order valence-corrected chi connectivity index (χ1v) is 10.2. The van der Waals surface area contributed by atoms with E-state index in [4.69, 9.17) is 25.5 Å². The van der Waals surface area contributed by atoms with Crippen molar-refractivity contribution >= 4 is 22.6 Å². The molecule has 0 spiro atoms. The lowest BCUT2D eigenvalue weighted by Crippen LogP contribution is -2.11. The first kappa shape index (κ1) is 20.8. The number of ether oxygens (including phenoxy) is 2. The molecule has 31 heavy (non-hydrogen) atoms. The van der Waals surface area contributed by atoms with Gasteiger partial charge in [-0.2, -0.15) is 0 Å². The largest absolute Gasteiger partial charge is 0.497 e. The van der Waals surface area contributed by atoms with Crippen molar-refractivity contribution in [2.24, 2.45) is 0 Å². The summed E-state index contributed by atoms with van der Waals surface area (Å²) in [6, 6.07) is 20.7. The summed E-state index contributed by atoms with van der Waals surface area (Å²) in [5, 5.41) is 0.854. The Hall–Kier alpha value is -3.50. The molecule has 0 radical (unpaired) electrons. The van der Waals surface area contributed by atoms with Crippen LogP contribution in [0, 0.1) is 0 Å². The van der Waals surface area contributed by atoms with Gasteiger partial charge in [0.15, 0.2) is 5.76 Å². The lowest BCUT2D eigenvalue weighted by atomic mass is 10.0. The van der Waals surface area contributed by atoms with E-state index in [2.05, 4.69) is 6.58 Å². The van der Waals surface area contributed by atoms with E-state index in [0.29, 0.717) is 39.5 Å². The average molecular weight is 433 g/mol. The Morgan fingerprint density at radius 1 is 1.06 bits per heavy atom. The molecule has 0 aliphatic heterocycles. The minimum absolute atomic E-state index is 0.130. The Labute approximate surface area is 185 Å². The lowest BCUT2D eigenvalue weighted by molar-refractivity contribution is 0.351. The second-order valence-corrected chi connectivity index (χ2v) is 7.46. The van der Waals surface area contributed by atoms with Crippen molar-refractivity contribution in [1.82, 2.24) is 0 Å². The predicted molar refractivity (Wildman–Crippen MR) is 124 cm³/mol. The number of rotatable bonds is 7. The van der Waals surface area contributed by atoms with Crippen LogP contribution in [0.5, 0.6) is 11.5 Å². The van der Waals surface area contributed by atoms with Crippen molar-refractivity contribution in [3.05, 3.63) is 106 Å². The molecular formula is C26H21ClO4. The van der Waals surface area contributed by atoms with Crippen molar-refractivity contribution in [3.63, 3.8) is 0 Å². The molecule has 4 nitrogen and oxygen atoms in total. The number of methoxy groups -OCH3 is 1. The molecule has 0 saturated carbocycles. The van der Waals surface area contributed by atoms with Gasteiger partial charge >= 0.3 is 0 Å². The maximum atomic E-state index is 13.4. The molecule has 0 unspecified atom stereocenters. The molecule has 0 aliphatic carbocycles. The number of fused-ring (bicyclic) bond motifs is 1. The van der Waals surface area contributed by atoms with Crippen LogP contribution in [0.1, 0.15) is 11.1 Å². The second kappa shape index (κ2) is 9.11. The molecule has 156 valence electrons. The Balaban J connectivity index is 1.95. The van der Waals surface area contributed by atoms with Gasteiger partial charge in [-0.15, -0.1) is 0 Å². The number of halogens is 1. The van der Waals surface area contributed by atoms with E-state index in [0.717, 1.165) is 11.1 Å². The third-order valence-corrected chi connectivity index (χ3v) is 5.15. The van der Waals surface area contributed by atoms with Gasteiger partial charge in [-0.1, -0.05) is 54.6 Å². The van der Waals surface area contributed by atoms with Crippen molar-refractivity contribution in [1.29, 1.82) is 0 Å². The first-order valence-electron chi connectivity index (χ1n) is 9.82. The highest BCUT2D eigenvalue weighted by molar-refractivity contribution is 6.31. The third kappa shape index (κ3) is 4.35. The van der Waals surface area contributed by atoms with Gasteiger partial charge < -0.3 is 13.9 Å². The van der Waals surface area contributed by atoms with Crippen molar-refractivity contribution < 1.29 is 13.9 Å². The number of hydrogen-bond donors (Lipinski definition) is 0. The van der Waals surface area contributed by atoms with Crippen LogP contribution in [0.4, 0.5) is 0 Å². The van der Waals surface area contributed by atoms with Crippen LogP contribution in [-0.2, 0) is 6.42 Å². The molecule has 4 aromatic rings. The van der Waals surface area contributed by atoms with Gasteiger partial charge in [-0.05, 0) is 42.0 Å². The smallest absolute Gasteiger partial charge is 0.235 e. The molecule has 0 saturated heterocycles. The van der Waals surface area contributed by atoms with Gasteiger partial charge in [-0.3, -0.25) is 4.79 Å². The Kier molecular flexibility index (Phi) is 6.10. The quantitative estimate of drug-likeness (QED) is 0.322. The zero-order chi connectivity index (χ0) is 21.8. The SMILES string of the molecule is C=CCOc1c(-c2ccc(OC)cc2)oc2c(Cc3ccccc3)cc(Cl)cc2c1=O. The van der Waals surface area contributed by atoms with E-state index in [1.807, 2.05) is 60.7 Å². The van der Waals surface area contributed by atoms with Crippen molar-refractivity contribution in [2.45, 2.75) is 6.42 Å². The lowest BCUT2D eigenvalue weighted by Gasteiger charge is -2.13. The van der Waals surface area contributed by atoms with E-state index in [-0.39, 0.29) is 17.8 Å². The summed E-state index contributed by atoms with van der Waals surface area (Å²) in [7, 11) is 1.60. The van der Waals surface area contributed by atoms with E-state index in [9.17, 15) is 4.79 Å². The highest BCUT2D eigenvalue weighted by atomic mass is 35.5. The maximum absolute atomic E-state index is 13.4. The monoisotopic (exact) mass is 432 g/mol. The number of hydrogen-bond acceptors (Lipinski definition) is 4. The molecule has 4 rings (SSSR count). The summed E-state index contributed by atoms with van der Waals surface area (Å²) in [4.78, 5) is 13.4. The first-order chi connectivity index (χ1) is 15.1. The second-order valence-electron chi connectivity index (χ2n) is 7.02. The van der Waals surface area contributed by atoms with Crippen molar-refractivity contribution in [3.8, 4) is 22.8 Å².